The lowest BCUT2D eigenvalue weighted by Gasteiger charge is -2.30. The van der Waals surface area contributed by atoms with Gasteiger partial charge in [-0.2, -0.15) is 0 Å². The summed E-state index contributed by atoms with van der Waals surface area (Å²) in [6, 6.07) is 19.7. The van der Waals surface area contributed by atoms with Crippen LogP contribution in [0.15, 0.2) is 66.0 Å². The Balaban J connectivity index is 1.79. The van der Waals surface area contributed by atoms with Crippen molar-refractivity contribution in [3.05, 3.63) is 82.0 Å². The predicted molar refractivity (Wildman–Crippen MR) is 160 cm³/mol. The molecular formula is C32H42N2O5S. The topological polar surface area (TPSA) is 68.3 Å². The summed E-state index contributed by atoms with van der Waals surface area (Å²) in [5, 5.41) is 2.02. The van der Waals surface area contributed by atoms with Gasteiger partial charge in [0.2, 0.25) is 11.8 Å². The van der Waals surface area contributed by atoms with Crippen molar-refractivity contribution in [1.82, 2.24) is 9.80 Å². The molecule has 0 radical (unpaired) electrons. The van der Waals surface area contributed by atoms with E-state index >= 15 is 0 Å². The minimum atomic E-state index is -0.293. The van der Waals surface area contributed by atoms with Crippen LogP contribution in [-0.2, 0) is 27.3 Å². The first kappa shape index (κ1) is 31.2. The molecule has 3 aromatic rings. The maximum Gasteiger partial charge on any atom is 0.242 e. The molecule has 0 fully saturated rings. The zero-order valence-electron chi connectivity index (χ0n) is 24.1. The molecule has 7 nitrogen and oxygen atoms in total. The first-order valence-corrected chi connectivity index (χ1v) is 14.8. The Morgan fingerprint density at radius 1 is 0.900 bits per heavy atom. The second-order valence-electron chi connectivity index (χ2n) is 9.52. The average Bonchev–Trinajstić information content (AvgIpc) is 3.50. The zero-order chi connectivity index (χ0) is 28.7. The standard InChI is InChI=1S/C32H42N2O5S/c1-5-28(26-12-8-7-9-13-26)32(36)34(18-11-20-39-6-2)24-31(35)33(23-27-14-10-21-40-27)19-17-25-15-16-29(37-3)30(22-25)38-4/h7-10,12-16,21-22,28H,5-6,11,17-20,23-24H2,1-4H3. The minimum Gasteiger partial charge on any atom is -0.493 e. The fourth-order valence-electron chi connectivity index (χ4n) is 4.67. The summed E-state index contributed by atoms with van der Waals surface area (Å²) in [6.07, 6.45) is 1.99. The highest BCUT2D eigenvalue weighted by Crippen LogP contribution is 2.28. The van der Waals surface area contributed by atoms with Crippen LogP contribution in [0.25, 0.3) is 0 Å². The third-order valence-electron chi connectivity index (χ3n) is 6.86. The van der Waals surface area contributed by atoms with Crippen molar-refractivity contribution < 1.29 is 23.8 Å². The predicted octanol–water partition coefficient (Wildman–Crippen LogP) is 5.79. The number of amides is 2. The molecule has 2 amide bonds. The van der Waals surface area contributed by atoms with Gasteiger partial charge >= 0.3 is 0 Å². The molecule has 0 saturated carbocycles. The summed E-state index contributed by atoms with van der Waals surface area (Å²) in [4.78, 5) is 32.3. The summed E-state index contributed by atoms with van der Waals surface area (Å²) >= 11 is 1.62. The first-order valence-electron chi connectivity index (χ1n) is 13.9. The van der Waals surface area contributed by atoms with Crippen molar-refractivity contribution in [2.75, 3.05) is 47.1 Å². The average molecular weight is 567 g/mol. The van der Waals surface area contributed by atoms with Gasteiger partial charge in [-0.1, -0.05) is 49.4 Å². The van der Waals surface area contributed by atoms with Crippen molar-refractivity contribution in [3.8, 4) is 11.5 Å². The van der Waals surface area contributed by atoms with Crippen LogP contribution in [-0.4, -0.2) is 68.7 Å². The number of hydrogen-bond donors (Lipinski definition) is 0. The van der Waals surface area contributed by atoms with Crippen molar-refractivity contribution in [3.63, 3.8) is 0 Å². The van der Waals surface area contributed by atoms with E-state index in [0.29, 0.717) is 63.6 Å². The molecule has 0 N–H and O–H groups in total. The van der Waals surface area contributed by atoms with Crippen LogP contribution in [0.5, 0.6) is 11.5 Å². The molecular weight excluding hydrogens is 524 g/mol. The highest BCUT2D eigenvalue weighted by molar-refractivity contribution is 7.09. The molecule has 0 aliphatic heterocycles. The summed E-state index contributed by atoms with van der Waals surface area (Å²) in [6.45, 7) is 6.66. The SMILES string of the molecule is CCOCCCN(CC(=O)N(CCc1ccc(OC)c(OC)c1)Cc1cccs1)C(=O)C(CC)c1ccccc1. The van der Waals surface area contributed by atoms with Gasteiger partial charge in [0, 0.05) is 31.2 Å². The van der Waals surface area contributed by atoms with Gasteiger partial charge in [-0.15, -0.1) is 11.3 Å². The molecule has 2 aromatic carbocycles. The number of carbonyl (C=O) groups excluding carboxylic acids is 2. The Labute approximate surface area is 242 Å². The van der Waals surface area contributed by atoms with Crippen LogP contribution in [0.4, 0.5) is 0 Å². The zero-order valence-corrected chi connectivity index (χ0v) is 25.0. The Morgan fingerprint density at radius 3 is 2.33 bits per heavy atom. The van der Waals surface area contributed by atoms with E-state index in [-0.39, 0.29) is 24.3 Å². The number of ether oxygens (including phenoxy) is 3. The molecule has 0 aliphatic rings. The molecule has 8 heteroatoms. The first-order chi connectivity index (χ1) is 19.5. The van der Waals surface area contributed by atoms with Crippen LogP contribution in [0, 0.1) is 0 Å². The fraction of sp³-hybridized carbons (Fsp3) is 0.438. The highest BCUT2D eigenvalue weighted by Gasteiger charge is 2.27. The lowest BCUT2D eigenvalue weighted by molar-refractivity contribution is -0.142. The molecule has 1 aromatic heterocycles. The normalized spacial score (nSPS) is 11.6. The Morgan fingerprint density at radius 2 is 1.68 bits per heavy atom. The quantitative estimate of drug-likeness (QED) is 0.194. The monoisotopic (exact) mass is 566 g/mol. The second-order valence-corrected chi connectivity index (χ2v) is 10.5. The van der Waals surface area contributed by atoms with Gasteiger partial charge in [-0.05, 0) is 60.9 Å². The highest BCUT2D eigenvalue weighted by atomic mass is 32.1. The number of thiophene rings is 1. The van der Waals surface area contributed by atoms with Gasteiger partial charge in [0.1, 0.15) is 0 Å². The van der Waals surface area contributed by atoms with E-state index in [1.54, 1.807) is 30.5 Å². The maximum atomic E-state index is 13.8. The summed E-state index contributed by atoms with van der Waals surface area (Å²) in [5.41, 5.74) is 2.02. The number of benzene rings is 2. The van der Waals surface area contributed by atoms with E-state index in [9.17, 15) is 9.59 Å². The van der Waals surface area contributed by atoms with E-state index < -0.39 is 0 Å². The lowest BCUT2D eigenvalue weighted by Crippen LogP contribution is -2.45. The van der Waals surface area contributed by atoms with Crippen LogP contribution >= 0.6 is 11.3 Å². The van der Waals surface area contributed by atoms with Crippen LogP contribution in [0.1, 0.15) is 48.6 Å². The Bertz CT molecular complexity index is 1170. The molecule has 216 valence electrons. The van der Waals surface area contributed by atoms with Crippen molar-refractivity contribution in [2.45, 2.75) is 45.6 Å². The number of methoxy groups -OCH3 is 2. The van der Waals surface area contributed by atoms with Crippen molar-refractivity contribution in [2.24, 2.45) is 0 Å². The molecule has 1 heterocycles. The Kier molecular flexibility index (Phi) is 13.0. The van der Waals surface area contributed by atoms with E-state index in [2.05, 4.69) is 0 Å². The Hall–Kier alpha value is -3.36. The molecule has 1 atom stereocenters. The van der Waals surface area contributed by atoms with Gasteiger partial charge in [-0.3, -0.25) is 9.59 Å². The maximum absolute atomic E-state index is 13.8. The molecule has 0 spiro atoms. The molecule has 3 rings (SSSR count). The molecule has 1 unspecified atom stereocenters. The number of hydrogen-bond acceptors (Lipinski definition) is 6. The van der Waals surface area contributed by atoms with Crippen LogP contribution in [0.3, 0.4) is 0 Å². The second kappa shape index (κ2) is 16.7. The fourth-order valence-corrected chi connectivity index (χ4v) is 5.39. The van der Waals surface area contributed by atoms with Gasteiger partial charge in [0.15, 0.2) is 11.5 Å². The molecule has 0 bridgehead atoms. The van der Waals surface area contributed by atoms with E-state index in [1.165, 1.54) is 0 Å². The van der Waals surface area contributed by atoms with Gasteiger partial charge in [0.05, 0.1) is 33.2 Å². The number of rotatable bonds is 17. The smallest absolute Gasteiger partial charge is 0.242 e. The van der Waals surface area contributed by atoms with Crippen molar-refractivity contribution >= 4 is 23.2 Å². The van der Waals surface area contributed by atoms with Crippen LogP contribution < -0.4 is 9.47 Å². The molecule has 0 aliphatic carbocycles. The van der Waals surface area contributed by atoms with Crippen molar-refractivity contribution in [1.29, 1.82) is 0 Å². The third-order valence-corrected chi connectivity index (χ3v) is 7.73. The van der Waals surface area contributed by atoms with Gasteiger partial charge in [0.25, 0.3) is 0 Å². The lowest BCUT2D eigenvalue weighted by atomic mass is 9.95. The summed E-state index contributed by atoms with van der Waals surface area (Å²) < 4.78 is 16.4. The number of nitrogens with zero attached hydrogens (tertiary/aromatic N) is 2. The van der Waals surface area contributed by atoms with Gasteiger partial charge < -0.3 is 24.0 Å². The van der Waals surface area contributed by atoms with E-state index in [1.807, 2.05) is 84.8 Å². The van der Waals surface area contributed by atoms with Crippen LogP contribution in [0.2, 0.25) is 0 Å². The minimum absolute atomic E-state index is 0.0190. The molecule has 40 heavy (non-hydrogen) atoms. The summed E-state index contributed by atoms with van der Waals surface area (Å²) in [7, 11) is 3.23. The third kappa shape index (κ3) is 9.10. The van der Waals surface area contributed by atoms with Gasteiger partial charge in [-0.25, -0.2) is 0 Å². The molecule has 0 saturated heterocycles. The van der Waals surface area contributed by atoms with E-state index in [4.69, 9.17) is 14.2 Å². The van der Waals surface area contributed by atoms with E-state index in [0.717, 1.165) is 16.0 Å². The number of carbonyl (C=O) groups is 2. The summed E-state index contributed by atoms with van der Waals surface area (Å²) in [5.74, 6) is 0.950. The largest absolute Gasteiger partial charge is 0.493 e.